The van der Waals surface area contributed by atoms with Crippen LogP contribution < -0.4 is 4.90 Å². The fourth-order valence-electron chi connectivity index (χ4n) is 2.48. The number of hydrogen-bond donors (Lipinski definition) is 0. The maximum absolute atomic E-state index is 12.2. The normalized spacial score (nSPS) is 19.3. The summed E-state index contributed by atoms with van der Waals surface area (Å²) in [4.78, 5) is 13.8. The molecule has 4 heteroatoms. The minimum atomic E-state index is -0.528. The molecule has 0 aliphatic carbocycles. The van der Waals surface area contributed by atoms with E-state index in [2.05, 4.69) is 19.9 Å². The predicted octanol–water partition coefficient (Wildman–Crippen LogP) is 2.07. The van der Waals surface area contributed by atoms with Gasteiger partial charge < -0.3 is 4.74 Å². The van der Waals surface area contributed by atoms with Crippen molar-refractivity contribution in [1.82, 2.24) is 0 Å². The molecule has 0 N–H and O–H groups in total. The number of para-hydroxylation sites is 1. The number of nitriles is 1. The zero-order chi connectivity index (χ0) is 13.8. The van der Waals surface area contributed by atoms with Crippen LogP contribution in [0.15, 0.2) is 18.2 Å². The number of anilines is 1. The van der Waals surface area contributed by atoms with E-state index in [-0.39, 0.29) is 19.1 Å². The highest BCUT2D eigenvalue weighted by Gasteiger charge is 2.32. The molecule has 1 saturated heterocycles. The SMILES string of the molecule is CCc1cccc(CC)c1N1C(=O)COCC1C#N. The third kappa shape index (κ3) is 2.47. The number of amides is 1. The Hall–Kier alpha value is -1.86. The number of ether oxygens (including phenoxy) is 1. The number of hydrogen-bond acceptors (Lipinski definition) is 3. The number of benzene rings is 1. The minimum absolute atomic E-state index is 0.0549. The first-order valence-electron chi connectivity index (χ1n) is 6.63. The fourth-order valence-corrected chi connectivity index (χ4v) is 2.48. The molecule has 0 aromatic heterocycles. The van der Waals surface area contributed by atoms with Gasteiger partial charge in [0.15, 0.2) is 0 Å². The molecule has 1 heterocycles. The highest BCUT2D eigenvalue weighted by Crippen LogP contribution is 2.30. The second-order valence-corrected chi connectivity index (χ2v) is 4.56. The van der Waals surface area contributed by atoms with Crippen molar-refractivity contribution < 1.29 is 9.53 Å². The van der Waals surface area contributed by atoms with Gasteiger partial charge in [-0.25, -0.2) is 0 Å². The van der Waals surface area contributed by atoms with E-state index in [0.29, 0.717) is 0 Å². The lowest BCUT2D eigenvalue weighted by atomic mass is 10.00. The lowest BCUT2D eigenvalue weighted by Gasteiger charge is -2.34. The van der Waals surface area contributed by atoms with Gasteiger partial charge in [0, 0.05) is 0 Å². The van der Waals surface area contributed by atoms with Gasteiger partial charge in [-0.3, -0.25) is 9.69 Å². The minimum Gasteiger partial charge on any atom is -0.368 e. The van der Waals surface area contributed by atoms with Crippen molar-refractivity contribution >= 4 is 11.6 Å². The Morgan fingerprint density at radius 1 is 1.37 bits per heavy atom. The molecular formula is C15H18N2O2. The molecule has 1 aliphatic rings. The average Bonchev–Trinajstić information content (AvgIpc) is 2.46. The molecular weight excluding hydrogens is 240 g/mol. The first-order valence-corrected chi connectivity index (χ1v) is 6.63. The molecule has 1 aromatic rings. The topological polar surface area (TPSA) is 53.3 Å². The Kier molecular flexibility index (Phi) is 4.18. The Balaban J connectivity index is 2.54. The van der Waals surface area contributed by atoms with Crippen LogP contribution in [0.4, 0.5) is 5.69 Å². The summed E-state index contributed by atoms with van der Waals surface area (Å²) in [6, 6.07) is 7.68. The van der Waals surface area contributed by atoms with Crippen molar-refractivity contribution in [3.8, 4) is 6.07 Å². The zero-order valence-corrected chi connectivity index (χ0v) is 11.3. The van der Waals surface area contributed by atoms with Crippen molar-refractivity contribution in [2.45, 2.75) is 32.7 Å². The molecule has 0 bridgehead atoms. The van der Waals surface area contributed by atoms with Crippen molar-refractivity contribution in [3.05, 3.63) is 29.3 Å². The Morgan fingerprint density at radius 2 is 2.00 bits per heavy atom. The molecule has 0 saturated carbocycles. The maximum Gasteiger partial charge on any atom is 0.254 e. The number of morpholine rings is 1. The molecule has 0 spiro atoms. The van der Waals surface area contributed by atoms with Crippen LogP contribution >= 0.6 is 0 Å². The Bertz CT molecular complexity index is 497. The largest absolute Gasteiger partial charge is 0.368 e. The van der Waals surface area contributed by atoms with E-state index in [1.807, 2.05) is 18.2 Å². The molecule has 0 radical (unpaired) electrons. The molecule has 1 aromatic carbocycles. The fraction of sp³-hybridized carbons (Fsp3) is 0.467. The van der Waals surface area contributed by atoms with Crippen molar-refractivity contribution in [3.63, 3.8) is 0 Å². The van der Waals surface area contributed by atoms with Gasteiger partial charge in [0.25, 0.3) is 5.91 Å². The van der Waals surface area contributed by atoms with Gasteiger partial charge in [-0.15, -0.1) is 0 Å². The van der Waals surface area contributed by atoms with Crippen molar-refractivity contribution in [2.24, 2.45) is 0 Å². The lowest BCUT2D eigenvalue weighted by Crippen LogP contribution is -2.49. The second-order valence-electron chi connectivity index (χ2n) is 4.56. The van der Waals surface area contributed by atoms with Gasteiger partial charge in [0.2, 0.25) is 0 Å². The molecule has 2 rings (SSSR count). The van der Waals surface area contributed by atoms with Gasteiger partial charge in [0.05, 0.1) is 18.4 Å². The molecule has 1 unspecified atom stereocenters. The van der Waals surface area contributed by atoms with Crippen LogP contribution in [0.1, 0.15) is 25.0 Å². The molecule has 1 atom stereocenters. The Morgan fingerprint density at radius 3 is 2.53 bits per heavy atom. The molecule has 1 aliphatic heterocycles. The van der Waals surface area contributed by atoms with Crippen LogP contribution in [0.25, 0.3) is 0 Å². The highest BCUT2D eigenvalue weighted by atomic mass is 16.5. The summed E-state index contributed by atoms with van der Waals surface area (Å²) in [5.74, 6) is -0.131. The number of nitrogens with zero attached hydrogens (tertiary/aromatic N) is 2. The molecule has 100 valence electrons. The third-order valence-electron chi connectivity index (χ3n) is 3.44. The van der Waals surface area contributed by atoms with E-state index in [4.69, 9.17) is 4.74 Å². The van der Waals surface area contributed by atoms with Crippen LogP contribution in [0.3, 0.4) is 0 Å². The van der Waals surface area contributed by atoms with Crippen molar-refractivity contribution in [2.75, 3.05) is 18.1 Å². The maximum atomic E-state index is 12.2. The van der Waals surface area contributed by atoms with Crippen LogP contribution in [-0.2, 0) is 22.4 Å². The quantitative estimate of drug-likeness (QED) is 0.834. The first-order chi connectivity index (χ1) is 9.22. The van der Waals surface area contributed by atoms with Crippen molar-refractivity contribution in [1.29, 1.82) is 5.26 Å². The second kappa shape index (κ2) is 5.85. The first kappa shape index (κ1) is 13.6. The molecule has 1 fully saturated rings. The summed E-state index contributed by atoms with van der Waals surface area (Å²) in [6.45, 7) is 4.46. The van der Waals surface area contributed by atoms with Crippen LogP contribution in [0.5, 0.6) is 0 Å². The Labute approximate surface area is 113 Å². The highest BCUT2D eigenvalue weighted by molar-refractivity contribution is 5.97. The van der Waals surface area contributed by atoms with E-state index in [9.17, 15) is 10.1 Å². The van der Waals surface area contributed by atoms with E-state index in [0.717, 1.165) is 29.7 Å². The summed E-state index contributed by atoms with van der Waals surface area (Å²) in [5.41, 5.74) is 3.12. The van der Waals surface area contributed by atoms with Crippen LogP contribution in [0, 0.1) is 11.3 Å². The number of carbonyl (C=O) groups is 1. The van der Waals surface area contributed by atoms with E-state index in [1.54, 1.807) is 4.90 Å². The summed E-state index contributed by atoms with van der Waals surface area (Å²) >= 11 is 0. The van der Waals surface area contributed by atoms with E-state index < -0.39 is 6.04 Å². The summed E-state index contributed by atoms with van der Waals surface area (Å²) in [6.07, 6.45) is 1.68. The number of rotatable bonds is 3. The zero-order valence-electron chi connectivity index (χ0n) is 11.3. The summed E-state index contributed by atoms with van der Waals surface area (Å²) < 4.78 is 5.17. The van der Waals surface area contributed by atoms with Gasteiger partial charge in [-0.05, 0) is 24.0 Å². The van der Waals surface area contributed by atoms with Crippen LogP contribution in [-0.4, -0.2) is 25.2 Å². The lowest BCUT2D eigenvalue weighted by molar-refractivity contribution is -0.126. The molecule has 4 nitrogen and oxygen atoms in total. The van der Waals surface area contributed by atoms with Gasteiger partial charge >= 0.3 is 0 Å². The van der Waals surface area contributed by atoms with Crippen LogP contribution in [0.2, 0.25) is 0 Å². The average molecular weight is 258 g/mol. The van der Waals surface area contributed by atoms with Gasteiger partial charge in [0.1, 0.15) is 12.6 Å². The van der Waals surface area contributed by atoms with E-state index >= 15 is 0 Å². The van der Waals surface area contributed by atoms with E-state index in [1.165, 1.54) is 0 Å². The van der Waals surface area contributed by atoms with Gasteiger partial charge in [-0.1, -0.05) is 32.0 Å². The smallest absolute Gasteiger partial charge is 0.254 e. The molecule has 1 amide bonds. The summed E-state index contributed by atoms with van der Waals surface area (Å²) in [5, 5.41) is 9.24. The third-order valence-corrected chi connectivity index (χ3v) is 3.44. The standard InChI is InChI=1S/C15H18N2O2/c1-3-11-6-5-7-12(4-2)15(11)17-13(8-16)9-19-10-14(17)18/h5-7,13H,3-4,9-10H2,1-2H3. The number of aryl methyl sites for hydroxylation is 2. The predicted molar refractivity (Wildman–Crippen MR) is 72.9 cm³/mol. The molecule has 19 heavy (non-hydrogen) atoms. The summed E-state index contributed by atoms with van der Waals surface area (Å²) in [7, 11) is 0. The monoisotopic (exact) mass is 258 g/mol. The number of carbonyl (C=O) groups excluding carboxylic acids is 1. The van der Waals surface area contributed by atoms with Gasteiger partial charge in [-0.2, -0.15) is 5.26 Å².